The molecule has 1 saturated heterocycles. The Hall–Kier alpha value is -1.06. The Kier molecular flexibility index (Phi) is 5.65. The summed E-state index contributed by atoms with van der Waals surface area (Å²) >= 11 is 0. The zero-order valence-electron chi connectivity index (χ0n) is 12.7. The zero-order valence-corrected chi connectivity index (χ0v) is 13.5. The van der Waals surface area contributed by atoms with Gasteiger partial charge in [0.2, 0.25) is 0 Å². The summed E-state index contributed by atoms with van der Waals surface area (Å²) in [4.78, 5) is 12.2. The Morgan fingerprint density at radius 3 is 2.48 bits per heavy atom. The molecule has 0 unspecified atom stereocenters. The van der Waals surface area contributed by atoms with E-state index in [4.69, 9.17) is 0 Å². The number of carbonyl (C=O) groups is 1. The summed E-state index contributed by atoms with van der Waals surface area (Å²) in [7, 11) is 0. The lowest BCUT2D eigenvalue weighted by Crippen LogP contribution is -2.39. The van der Waals surface area contributed by atoms with E-state index in [0.29, 0.717) is 12.0 Å². The molecule has 3 nitrogen and oxygen atoms in total. The van der Waals surface area contributed by atoms with Gasteiger partial charge in [0.15, 0.2) is 0 Å². The van der Waals surface area contributed by atoms with Gasteiger partial charge in [-0.05, 0) is 81.3 Å². The number of aryl methyl sites for hydroxylation is 1. The number of benzene rings is 1. The second-order valence-electron chi connectivity index (χ2n) is 6.20. The summed E-state index contributed by atoms with van der Waals surface area (Å²) in [5, 5.41) is 6.51. The lowest BCUT2D eigenvalue weighted by Gasteiger charge is -2.27. The number of amides is 1. The summed E-state index contributed by atoms with van der Waals surface area (Å²) in [6.07, 6.45) is 5.93. The fourth-order valence-electron chi connectivity index (χ4n) is 3.23. The molecule has 2 aliphatic rings. The molecule has 0 spiro atoms. The molecule has 116 valence electrons. The number of halogens is 1. The van der Waals surface area contributed by atoms with Crippen LogP contribution in [0.1, 0.15) is 59.5 Å². The van der Waals surface area contributed by atoms with Gasteiger partial charge < -0.3 is 10.6 Å². The second kappa shape index (κ2) is 7.28. The number of nitrogens with one attached hydrogen (secondary N) is 2. The first kappa shape index (κ1) is 16.3. The van der Waals surface area contributed by atoms with Crippen LogP contribution in [0.15, 0.2) is 18.2 Å². The summed E-state index contributed by atoms with van der Waals surface area (Å²) in [5.41, 5.74) is 3.50. The van der Waals surface area contributed by atoms with Crippen LogP contribution in [0.25, 0.3) is 0 Å². The lowest BCUT2D eigenvalue weighted by molar-refractivity contribution is 0.0917. The van der Waals surface area contributed by atoms with Gasteiger partial charge >= 0.3 is 0 Å². The number of hydrogen-bond donors (Lipinski definition) is 2. The van der Waals surface area contributed by atoms with Gasteiger partial charge in [-0.25, -0.2) is 0 Å². The smallest absolute Gasteiger partial charge is 0.251 e. The van der Waals surface area contributed by atoms with E-state index in [9.17, 15) is 4.79 Å². The van der Waals surface area contributed by atoms with Crippen LogP contribution in [0.5, 0.6) is 0 Å². The molecule has 2 fully saturated rings. The average molecular weight is 309 g/mol. The topological polar surface area (TPSA) is 41.1 Å². The fraction of sp³-hybridized carbons (Fsp3) is 0.588. The van der Waals surface area contributed by atoms with Crippen LogP contribution >= 0.6 is 12.4 Å². The highest BCUT2D eigenvalue weighted by atomic mass is 35.5. The predicted octanol–water partition coefficient (Wildman–Crippen LogP) is 3.17. The molecule has 1 aromatic carbocycles. The molecule has 21 heavy (non-hydrogen) atoms. The van der Waals surface area contributed by atoms with Crippen LogP contribution in [0.2, 0.25) is 0 Å². The van der Waals surface area contributed by atoms with Crippen molar-refractivity contribution in [3.05, 3.63) is 34.9 Å². The van der Waals surface area contributed by atoms with E-state index in [0.717, 1.165) is 31.5 Å². The normalized spacial score (nSPS) is 19.5. The minimum Gasteiger partial charge on any atom is -0.349 e. The van der Waals surface area contributed by atoms with Gasteiger partial charge in [0.05, 0.1) is 0 Å². The third kappa shape index (κ3) is 3.78. The van der Waals surface area contributed by atoms with E-state index in [1.165, 1.54) is 30.4 Å². The first-order valence-corrected chi connectivity index (χ1v) is 7.86. The molecule has 1 amide bonds. The fourth-order valence-corrected chi connectivity index (χ4v) is 3.23. The Bertz CT molecular complexity index is 494. The van der Waals surface area contributed by atoms with Gasteiger partial charge in [0.25, 0.3) is 5.91 Å². The minimum atomic E-state index is 0. The van der Waals surface area contributed by atoms with E-state index in [2.05, 4.69) is 29.7 Å². The van der Waals surface area contributed by atoms with Crippen LogP contribution < -0.4 is 10.6 Å². The summed E-state index contributed by atoms with van der Waals surface area (Å²) in [5.74, 6) is 0.745. The highest BCUT2D eigenvalue weighted by molar-refractivity contribution is 5.94. The highest BCUT2D eigenvalue weighted by Gasteiger charge is 2.21. The van der Waals surface area contributed by atoms with Crippen molar-refractivity contribution in [3.8, 4) is 0 Å². The van der Waals surface area contributed by atoms with Gasteiger partial charge in [-0.2, -0.15) is 0 Å². The summed E-state index contributed by atoms with van der Waals surface area (Å²) in [6.45, 7) is 4.35. The quantitative estimate of drug-likeness (QED) is 0.900. The van der Waals surface area contributed by atoms with Gasteiger partial charge in [-0.1, -0.05) is 6.07 Å². The van der Waals surface area contributed by atoms with Crippen molar-refractivity contribution in [2.45, 2.75) is 51.0 Å². The number of hydrogen-bond acceptors (Lipinski definition) is 2. The van der Waals surface area contributed by atoms with Crippen molar-refractivity contribution >= 4 is 18.3 Å². The monoisotopic (exact) mass is 308 g/mol. The van der Waals surface area contributed by atoms with Crippen LogP contribution in [0.3, 0.4) is 0 Å². The molecule has 1 aromatic rings. The Balaban J connectivity index is 0.00000161. The largest absolute Gasteiger partial charge is 0.349 e. The van der Waals surface area contributed by atoms with E-state index in [1.54, 1.807) is 0 Å². The summed E-state index contributed by atoms with van der Waals surface area (Å²) in [6, 6.07) is 6.64. The van der Waals surface area contributed by atoms with Gasteiger partial charge in [0.1, 0.15) is 0 Å². The molecular formula is C17H25ClN2O. The Labute approximate surface area is 133 Å². The van der Waals surface area contributed by atoms with Crippen LogP contribution in [0, 0.1) is 6.92 Å². The molecule has 4 heteroatoms. The average Bonchev–Trinajstić information content (AvgIpc) is 2.43. The van der Waals surface area contributed by atoms with Crippen molar-refractivity contribution in [1.29, 1.82) is 0 Å². The Morgan fingerprint density at radius 2 is 1.90 bits per heavy atom. The third-order valence-electron chi connectivity index (χ3n) is 4.75. The highest BCUT2D eigenvalue weighted by Crippen LogP contribution is 2.28. The first-order chi connectivity index (χ1) is 9.74. The summed E-state index contributed by atoms with van der Waals surface area (Å²) < 4.78 is 0. The lowest BCUT2D eigenvalue weighted by atomic mass is 9.86. The van der Waals surface area contributed by atoms with E-state index in [-0.39, 0.29) is 18.3 Å². The molecule has 1 heterocycles. The van der Waals surface area contributed by atoms with Gasteiger partial charge in [-0.15, -0.1) is 12.4 Å². The SMILES string of the molecule is Cc1cc(C(=O)NC2CCC2)ccc1C1CCNCC1.Cl. The van der Waals surface area contributed by atoms with Crippen LogP contribution in [-0.2, 0) is 0 Å². The van der Waals surface area contributed by atoms with E-state index < -0.39 is 0 Å². The third-order valence-corrected chi connectivity index (χ3v) is 4.75. The minimum absolute atomic E-state index is 0. The number of piperidine rings is 1. The van der Waals surface area contributed by atoms with Crippen molar-refractivity contribution in [2.75, 3.05) is 13.1 Å². The molecule has 0 atom stereocenters. The van der Waals surface area contributed by atoms with Crippen molar-refractivity contribution < 1.29 is 4.79 Å². The zero-order chi connectivity index (χ0) is 13.9. The number of carbonyl (C=O) groups excluding carboxylic acids is 1. The van der Waals surface area contributed by atoms with Crippen molar-refractivity contribution in [1.82, 2.24) is 10.6 Å². The predicted molar refractivity (Wildman–Crippen MR) is 88.4 cm³/mol. The molecule has 1 aliphatic carbocycles. The van der Waals surface area contributed by atoms with Crippen molar-refractivity contribution in [2.24, 2.45) is 0 Å². The van der Waals surface area contributed by atoms with Gasteiger partial charge in [-0.3, -0.25) is 4.79 Å². The van der Waals surface area contributed by atoms with Crippen LogP contribution in [-0.4, -0.2) is 25.0 Å². The molecular weight excluding hydrogens is 284 g/mol. The Morgan fingerprint density at radius 1 is 1.19 bits per heavy atom. The molecule has 0 bridgehead atoms. The van der Waals surface area contributed by atoms with E-state index in [1.807, 2.05) is 6.07 Å². The molecule has 1 saturated carbocycles. The van der Waals surface area contributed by atoms with Crippen LogP contribution in [0.4, 0.5) is 0 Å². The maximum absolute atomic E-state index is 12.2. The maximum Gasteiger partial charge on any atom is 0.251 e. The number of rotatable bonds is 3. The molecule has 1 aliphatic heterocycles. The molecule has 2 N–H and O–H groups in total. The first-order valence-electron chi connectivity index (χ1n) is 7.86. The maximum atomic E-state index is 12.2. The van der Waals surface area contributed by atoms with Gasteiger partial charge in [0, 0.05) is 11.6 Å². The van der Waals surface area contributed by atoms with E-state index >= 15 is 0 Å². The van der Waals surface area contributed by atoms with Crippen molar-refractivity contribution in [3.63, 3.8) is 0 Å². The molecule has 0 aromatic heterocycles. The second-order valence-corrected chi connectivity index (χ2v) is 6.20. The standard InChI is InChI=1S/C17H24N2O.ClH/c1-12-11-14(17(20)19-15-3-2-4-15)5-6-16(12)13-7-9-18-10-8-13;/h5-6,11,13,15,18H,2-4,7-10H2,1H3,(H,19,20);1H. The molecule has 0 radical (unpaired) electrons. The molecule has 3 rings (SSSR count).